The van der Waals surface area contributed by atoms with Gasteiger partial charge in [-0.1, -0.05) is 36.2 Å². The number of nitrogens with one attached hydrogen (secondary N) is 3. The van der Waals surface area contributed by atoms with Crippen LogP contribution in [-0.4, -0.2) is 100 Å². The summed E-state index contributed by atoms with van der Waals surface area (Å²) >= 11 is 0.875. The van der Waals surface area contributed by atoms with Crippen molar-refractivity contribution in [3.05, 3.63) is 64.5 Å². The van der Waals surface area contributed by atoms with Crippen molar-refractivity contribution >= 4 is 40.8 Å². The number of hydrogen-bond donors (Lipinski definition) is 3. The molecule has 17 heteroatoms. The van der Waals surface area contributed by atoms with Crippen LogP contribution in [0.4, 0.5) is 18.9 Å². The van der Waals surface area contributed by atoms with Gasteiger partial charge in [0.15, 0.2) is 0 Å². The van der Waals surface area contributed by atoms with Gasteiger partial charge in [-0.15, -0.1) is 5.10 Å². The van der Waals surface area contributed by atoms with Gasteiger partial charge in [0.25, 0.3) is 11.8 Å². The lowest BCUT2D eigenvalue weighted by molar-refractivity contribution is -0.149. The van der Waals surface area contributed by atoms with Gasteiger partial charge in [-0.3, -0.25) is 19.2 Å². The minimum absolute atomic E-state index is 0.0512. The zero-order valence-electron chi connectivity index (χ0n) is 28.4. The summed E-state index contributed by atoms with van der Waals surface area (Å²) in [6, 6.07) is 3.79. The fourth-order valence-corrected chi connectivity index (χ4v) is 6.69. The first kappa shape index (κ1) is 37.6. The van der Waals surface area contributed by atoms with Crippen LogP contribution >= 0.6 is 11.5 Å². The highest BCUT2D eigenvalue weighted by atomic mass is 32.1. The van der Waals surface area contributed by atoms with E-state index in [1.807, 2.05) is 7.05 Å². The smallest absolute Gasteiger partial charge is 0.351 e. The number of benzene rings is 1. The Kier molecular flexibility index (Phi) is 12.6. The second-order valence-electron chi connectivity index (χ2n) is 12.8. The molecule has 3 N–H and O–H groups in total. The van der Waals surface area contributed by atoms with E-state index in [-0.39, 0.29) is 28.8 Å². The molecule has 3 aromatic rings. The molecule has 0 radical (unpaired) electrons. The molecule has 4 amide bonds. The minimum atomic E-state index is -4.01. The van der Waals surface area contributed by atoms with Crippen molar-refractivity contribution in [2.75, 3.05) is 45.7 Å². The van der Waals surface area contributed by atoms with Gasteiger partial charge in [-0.2, -0.15) is 8.78 Å². The normalized spacial score (nSPS) is 17.2. The van der Waals surface area contributed by atoms with Crippen LogP contribution in [0.25, 0.3) is 0 Å². The summed E-state index contributed by atoms with van der Waals surface area (Å²) in [4.78, 5) is 60.8. The number of piperazine rings is 1. The number of aromatic nitrogens is 3. The molecule has 3 heterocycles. The lowest BCUT2D eigenvalue weighted by Crippen LogP contribution is -2.55. The van der Waals surface area contributed by atoms with Crippen LogP contribution in [0.5, 0.6) is 5.88 Å². The van der Waals surface area contributed by atoms with Crippen molar-refractivity contribution in [1.82, 2.24) is 35.0 Å². The summed E-state index contributed by atoms with van der Waals surface area (Å²) in [6.07, 6.45) is 6.41. The molecule has 2 aromatic heterocycles. The van der Waals surface area contributed by atoms with Crippen LogP contribution in [0.2, 0.25) is 0 Å². The Balaban J connectivity index is 1.32. The third-order valence-corrected chi connectivity index (χ3v) is 9.93. The summed E-state index contributed by atoms with van der Waals surface area (Å²) in [5, 5.41) is 11.1. The lowest BCUT2D eigenvalue weighted by Gasteiger charge is -2.34. The second-order valence-corrected chi connectivity index (χ2v) is 13.6. The highest BCUT2D eigenvalue weighted by Gasteiger charge is 2.44. The van der Waals surface area contributed by atoms with E-state index < -0.39 is 53.0 Å². The molecule has 1 saturated heterocycles. The fraction of sp³-hybridized carbons (Fsp3) is 0.500. The Morgan fingerprint density at radius 1 is 1.00 bits per heavy atom. The van der Waals surface area contributed by atoms with Crippen LogP contribution < -0.4 is 20.7 Å². The van der Waals surface area contributed by atoms with Crippen molar-refractivity contribution < 1.29 is 37.1 Å². The highest BCUT2D eigenvalue weighted by molar-refractivity contribution is 7.07. The van der Waals surface area contributed by atoms with Crippen LogP contribution in [0.15, 0.2) is 42.7 Å². The molecule has 51 heavy (non-hydrogen) atoms. The van der Waals surface area contributed by atoms with Crippen LogP contribution in [-0.2, 0) is 26.7 Å². The first-order valence-corrected chi connectivity index (χ1v) is 17.6. The average Bonchev–Trinajstić information content (AvgIpc) is 3.54. The molecule has 274 valence electrons. The SMILES string of the molecule is COc1ccc(C(F)(F)C(=O)N[C@H](C(=O)Nc2ccc(C[C@@H](NC(=O)c3cnns3)C(=O)N3CCN(C)CC3)cc2F)C2CCCCCC2)cn1. The number of carbonyl (C=O) groups is 4. The minimum Gasteiger partial charge on any atom is -0.481 e. The molecule has 1 aliphatic carbocycles. The Labute approximate surface area is 297 Å². The number of amides is 4. The average molecular weight is 731 g/mol. The zero-order valence-corrected chi connectivity index (χ0v) is 29.2. The third-order valence-electron chi connectivity index (χ3n) is 9.27. The molecular formula is C34H41F3N8O5S. The third kappa shape index (κ3) is 9.58. The molecule has 0 spiro atoms. The van der Waals surface area contributed by atoms with Crippen LogP contribution in [0, 0.1) is 11.7 Å². The van der Waals surface area contributed by atoms with Gasteiger partial charge in [-0.25, -0.2) is 9.37 Å². The lowest BCUT2D eigenvalue weighted by atomic mass is 9.90. The number of pyridine rings is 1. The maximum absolute atomic E-state index is 15.6. The van der Waals surface area contributed by atoms with E-state index in [9.17, 15) is 19.2 Å². The Bertz CT molecular complexity index is 1660. The number of alkyl halides is 2. The van der Waals surface area contributed by atoms with Crippen molar-refractivity contribution in [2.45, 2.75) is 63.0 Å². The first-order chi connectivity index (χ1) is 24.5. The second kappa shape index (κ2) is 17.0. The molecule has 13 nitrogen and oxygen atoms in total. The van der Waals surface area contributed by atoms with Gasteiger partial charge in [0, 0.05) is 50.4 Å². The van der Waals surface area contributed by atoms with Gasteiger partial charge in [0.05, 0.1) is 19.0 Å². The van der Waals surface area contributed by atoms with Gasteiger partial charge in [-0.05, 0) is 61.1 Å². The van der Waals surface area contributed by atoms with Crippen molar-refractivity contribution in [1.29, 1.82) is 0 Å². The predicted octanol–water partition coefficient (Wildman–Crippen LogP) is 3.38. The zero-order chi connectivity index (χ0) is 36.5. The van der Waals surface area contributed by atoms with E-state index in [0.29, 0.717) is 44.6 Å². The number of rotatable bonds is 12. The number of ether oxygens (including phenoxy) is 1. The van der Waals surface area contributed by atoms with E-state index in [4.69, 9.17) is 4.74 Å². The Morgan fingerprint density at radius 2 is 1.73 bits per heavy atom. The molecule has 2 atom stereocenters. The fourth-order valence-electron chi connectivity index (χ4n) is 6.27. The maximum Gasteiger partial charge on any atom is 0.351 e. The molecule has 0 unspecified atom stereocenters. The number of halogens is 3. The molecule has 5 rings (SSSR count). The van der Waals surface area contributed by atoms with E-state index in [1.165, 1.54) is 31.5 Å². The topological polar surface area (TPSA) is 159 Å². The van der Waals surface area contributed by atoms with E-state index in [0.717, 1.165) is 55.5 Å². The molecule has 1 saturated carbocycles. The Hall–Kier alpha value is -4.64. The van der Waals surface area contributed by atoms with Crippen molar-refractivity contribution in [2.24, 2.45) is 5.92 Å². The Morgan fingerprint density at radius 3 is 2.33 bits per heavy atom. The molecule has 2 fully saturated rings. The highest BCUT2D eigenvalue weighted by Crippen LogP contribution is 2.31. The van der Waals surface area contributed by atoms with E-state index in [1.54, 1.807) is 4.90 Å². The molecule has 1 aromatic carbocycles. The number of methoxy groups -OCH3 is 1. The molecule has 0 bridgehead atoms. The number of carbonyl (C=O) groups excluding carboxylic acids is 4. The van der Waals surface area contributed by atoms with E-state index >= 15 is 13.2 Å². The molecule has 2 aliphatic rings. The summed E-state index contributed by atoms with van der Waals surface area (Å²) < 4.78 is 54.8. The van der Waals surface area contributed by atoms with E-state index in [2.05, 4.69) is 35.4 Å². The van der Waals surface area contributed by atoms with Crippen molar-refractivity contribution in [3.63, 3.8) is 0 Å². The summed E-state index contributed by atoms with van der Waals surface area (Å²) in [5.41, 5.74) is -0.543. The van der Waals surface area contributed by atoms with Crippen LogP contribution in [0.1, 0.15) is 59.3 Å². The van der Waals surface area contributed by atoms with Gasteiger partial charge < -0.3 is 30.5 Å². The quantitative estimate of drug-likeness (QED) is 0.238. The summed E-state index contributed by atoms with van der Waals surface area (Å²) in [7, 11) is 3.28. The number of likely N-dealkylation sites (N-methyl/N-ethyl adjacent to an activating group) is 1. The molecular weight excluding hydrogens is 689 g/mol. The maximum atomic E-state index is 15.6. The number of anilines is 1. The number of hydrogen-bond acceptors (Lipinski definition) is 10. The van der Waals surface area contributed by atoms with Gasteiger partial charge >= 0.3 is 5.92 Å². The number of nitrogens with zero attached hydrogens (tertiary/aromatic N) is 5. The largest absolute Gasteiger partial charge is 0.481 e. The van der Waals surface area contributed by atoms with Gasteiger partial charge in [0.2, 0.25) is 17.7 Å². The monoisotopic (exact) mass is 730 g/mol. The first-order valence-electron chi connectivity index (χ1n) is 16.8. The summed E-state index contributed by atoms with van der Waals surface area (Å²) in [5.74, 6) is -8.60. The van der Waals surface area contributed by atoms with Crippen LogP contribution in [0.3, 0.4) is 0 Å². The van der Waals surface area contributed by atoms with Crippen molar-refractivity contribution in [3.8, 4) is 5.88 Å². The standard InChI is InChI=1S/C34H41F3N8O5S/c1-44-13-15-45(16-14-44)32(48)26(41-30(46)27-20-39-43-51-27)18-21-9-11-25(24(35)17-21)40-31(47)29(22-7-5-3-4-6-8-22)42-33(49)34(36,37)23-10-12-28(50-2)38-19-23/h9-12,17,19-20,22,26,29H,3-8,13-16,18H2,1-2H3,(H,40,47)(H,41,46)(H,42,49)/t26-,29+/m1/s1. The van der Waals surface area contributed by atoms with Gasteiger partial charge in [0.1, 0.15) is 22.8 Å². The molecule has 1 aliphatic heterocycles. The summed E-state index contributed by atoms with van der Waals surface area (Å²) in [6.45, 7) is 2.25. The predicted molar refractivity (Wildman–Crippen MR) is 182 cm³/mol.